The normalized spacial score (nSPS) is 19.1. The fraction of sp³-hybridized carbons (Fsp3) is 0.467. The van der Waals surface area contributed by atoms with Crippen LogP contribution in [0, 0.1) is 5.92 Å². The Kier molecular flexibility index (Phi) is 8.90. The summed E-state index contributed by atoms with van der Waals surface area (Å²) in [7, 11) is 3.32. The molecule has 1 aromatic heterocycles. The lowest BCUT2D eigenvalue weighted by Gasteiger charge is -2.35. The van der Waals surface area contributed by atoms with Crippen molar-refractivity contribution in [1.29, 1.82) is 0 Å². The number of aliphatic hydroxyl groups excluding tert-OH is 1. The van der Waals surface area contributed by atoms with Gasteiger partial charge in [-0.1, -0.05) is 49.4 Å². The molecule has 7 nitrogen and oxygen atoms in total. The van der Waals surface area contributed by atoms with Gasteiger partial charge in [-0.3, -0.25) is 9.59 Å². The van der Waals surface area contributed by atoms with E-state index in [1.807, 2.05) is 67.1 Å². The summed E-state index contributed by atoms with van der Waals surface area (Å²) in [5, 5.41) is 11.0. The van der Waals surface area contributed by atoms with Crippen LogP contribution in [0.5, 0.6) is 0 Å². The van der Waals surface area contributed by atoms with Crippen LogP contribution in [0.25, 0.3) is 22.0 Å². The Morgan fingerprint density at radius 2 is 1.85 bits per heavy atom. The molecular formula is C30H36F3N3O4. The zero-order chi connectivity index (χ0) is 29.2. The third-order valence-electron chi connectivity index (χ3n) is 7.73. The minimum absolute atomic E-state index is 0.0610. The topological polar surface area (TPSA) is 75.0 Å². The van der Waals surface area contributed by atoms with E-state index in [4.69, 9.17) is 4.74 Å². The van der Waals surface area contributed by atoms with Gasteiger partial charge in [-0.2, -0.15) is 13.2 Å². The van der Waals surface area contributed by atoms with Gasteiger partial charge in [-0.15, -0.1) is 0 Å². The Hall–Kier alpha value is -3.37. The van der Waals surface area contributed by atoms with E-state index in [0.717, 1.165) is 27.6 Å². The van der Waals surface area contributed by atoms with Crippen molar-refractivity contribution in [1.82, 2.24) is 14.4 Å². The Bertz CT molecular complexity index is 1370. The molecule has 1 aliphatic heterocycles. The quantitative estimate of drug-likeness (QED) is 0.461. The van der Waals surface area contributed by atoms with Gasteiger partial charge in [-0.25, -0.2) is 0 Å². The number of amides is 2. The first-order valence-corrected chi connectivity index (χ1v) is 13.4. The first-order valence-electron chi connectivity index (χ1n) is 13.4. The SMILES string of the molecule is C[C@@H]1CN([C@@H](C)CO)C(=O)c2c(c3ccccc3n2C)-c2ccccc2CO[C@@H]1CN(C)C(=O)CCC(F)(F)F. The molecule has 0 spiro atoms. The van der Waals surface area contributed by atoms with Crippen LogP contribution in [0.1, 0.15) is 42.7 Å². The molecule has 3 atom stereocenters. The Labute approximate surface area is 232 Å². The number of hydrogen-bond acceptors (Lipinski definition) is 4. The molecule has 0 unspecified atom stereocenters. The standard InChI is InChI=1S/C30H36F3N3O4/c1-19-15-36(20(2)17-37)29(39)28-27(23-11-7-8-12-24(23)35(28)4)22-10-6-5-9-21(22)18-40-25(19)16-34(3)26(38)13-14-30(31,32)33/h5-12,19-20,25,37H,13-18H2,1-4H3/t19-,20+,25-/m1/s1. The number of halogens is 3. The summed E-state index contributed by atoms with van der Waals surface area (Å²) < 4.78 is 46.4. The van der Waals surface area contributed by atoms with E-state index in [1.165, 1.54) is 11.9 Å². The van der Waals surface area contributed by atoms with Crippen LogP contribution < -0.4 is 0 Å². The number of para-hydroxylation sites is 1. The number of aryl methyl sites for hydroxylation is 1. The molecule has 40 heavy (non-hydrogen) atoms. The molecule has 2 aromatic carbocycles. The lowest BCUT2D eigenvalue weighted by Crippen LogP contribution is -2.48. The molecule has 3 aromatic rings. The van der Waals surface area contributed by atoms with Gasteiger partial charge in [0.05, 0.1) is 31.8 Å². The lowest BCUT2D eigenvalue weighted by molar-refractivity contribution is -0.149. The predicted octanol–water partition coefficient (Wildman–Crippen LogP) is 5.00. The van der Waals surface area contributed by atoms with Gasteiger partial charge in [0.2, 0.25) is 5.91 Å². The number of benzene rings is 2. The number of hydrogen-bond donors (Lipinski definition) is 1. The van der Waals surface area contributed by atoms with E-state index >= 15 is 0 Å². The molecule has 10 heteroatoms. The van der Waals surface area contributed by atoms with E-state index < -0.39 is 37.1 Å². The maximum atomic E-state index is 14.3. The summed E-state index contributed by atoms with van der Waals surface area (Å²) >= 11 is 0. The smallest absolute Gasteiger partial charge is 0.389 e. The average Bonchev–Trinajstić information content (AvgIpc) is 3.22. The third-order valence-corrected chi connectivity index (χ3v) is 7.73. The van der Waals surface area contributed by atoms with Crippen LogP contribution in [-0.4, -0.2) is 76.4 Å². The zero-order valence-corrected chi connectivity index (χ0v) is 23.2. The monoisotopic (exact) mass is 559 g/mol. The number of carbonyl (C=O) groups is 2. The van der Waals surface area contributed by atoms with Crippen LogP contribution in [0.15, 0.2) is 48.5 Å². The van der Waals surface area contributed by atoms with E-state index in [9.17, 15) is 27.9 Å². The van der Waals surface area contributed by atoms with Gasteiger partial charge < -0.3 is 24.2 Å². The van der Waals surface area contributed by atoms with Crippen molar-refractivity contribution < 1.29 is 32.6 Å². The highest BCUT2D eigenvalue weighted by Crippen LogP contribution is 2.38. The summed E-state index contributed by atoms with van der Waals surface area (Å²) in [5.74, 6) is -1.18. The van der Waals surface area contributed by atoms with Crippen molar-refractivity contribution in [2.75, 3.05) is 26.7 Å². The maximum Gasteiger partial charge on any atom is 0.389 e. The molecule has 1 aliphatic rings. The zero-order valence-electron chi connectivity index (χ0n) is 23.2. The van der Waals surface area contributed by atoms with Crippen molar-refractivity contribution >= 4 is 22.7 Å². The molecule has 2 heterocycles. The van der Waals surface area contributed by atoms with Crippen LogP contribution in [0.4, 0.5) is 13.2 Å². The number of carbonyl (C=O) groups excluding carboxylic acids is 2. The minimum atomic E-state index is -4.42. The number of ether oxygens (including phenoxy) is 1. The van der Waals surface area contributed by atoms with Gasteiger partial charge in [0.1, 0.15) is 5.69 Å². The summed E-state index contributed by atoms with van der Waals surface area (Å²) in [5.41, 5.74) is 3.86. The molecule has 0 radical (unpaired) electrons. The molecule has 2 amide bonds. The van der Waals surface area contributed by atoms with Crippen molar-refractivity contribution in [2.45, 2.75) is 51.6 Å². The largest absolute Gasteiger partial charge is 0.394 e. The van der Waals surface area contributed by atoms with Crippen LogP contribution in [0.3, 0.4) is 0 Å². The molecular weight excluding hydrogens is 523 g/mol. The summed E-state index contributed by atoms with van der Waals surface area (Å²) in [6, 6.07) is 14.9. The summed E-state index contributed by atoms with van der Waals surface area (Å²) in [6.07, 6.45) is -6.82. The second-order valence-corrected chi connectivity index (χ2v) is 10.7. The first kappa shape index (κ1) is 29.6. The summed E-state index contributed by atoms with van der Waals surface area (Å²) in [6.45, 7) is 3.86. The van der Waals surface area contributed by atoms with E-state index in [1.54, 1.807) is 11.8 Å². The highest BCUT2D eigenvalue weighted by molar-refractivity contribution is 6.10. The number of likely N-dealkylation sites (N-methyl/N-ethyl adjacent to an activating group) is 1. The van der Waals surface area contributed by atoms with Gasteiger partial charge in [-0.05, 0) is 24.1 Å². The minimum Gasteiger partial charge on any atom is -0.394 e. The van der Waals surface area contributed by atoms with Gasteiger partial charge in [0.25, 0.3) is 5.91 Å². The molecule has 0 fully saturated rings. The molecule has 0 saturated carbocycles. The molecule has 4 rings (SSSR count). The van der Waals surface area contributed by atoms with E-state index in [2.05, 4.69) is 0 Å². The Morgan fingerprint density at radius 3 is 2.55 bits per heavy atom. The van der Waals surface area contributed by atoms with Crippen molar-refractivity contribution in [3.8, 4) is 11.1 Å². The number of aromatic nitrogens is 1. The van der Waals surface area contributed by atoms with Gasteiger partial charge >= 0.3 is 6.18 Å². The number of nitrogens with zero attached hydrogens (tertiary/aromatic N) is 3. The number of aliphatic hydroxyl groups is 1. The Balaban J connectivity index is 1.78. The number of fused-ring (bicyclic) bond motifs is 5. The van der Waals surface area contributed by atoms with Gasteiger partial charge in [0, 0.05) is 56.0 Å². The van der Waals surface area contributed by atoms with E-state index in [-0.39, 0.29) is 38.1 Å². The van der Waals surface area contributed by atoms with Crippen LogP contribution >= 0.6 is 0 Å². The van der Waals surface area contributed by atoms with Crippen molar-refractivity contribution in [3.63, 3.8) is 0 Å². The number of rotatable bonds is 6. The second kappa shape index (κ2) is 12.0. The molecule has 0 saturated heterocycles. The van der Waals surface area contributed by atoms with E-state index in [0.29, 0.717) is 5.69 Å². The molecule has 0 bridgehead atoms. The third kappa shape index (κ3) is 6.18. The highest BCUT2D eigenvalue weighted by Gasteiger charge is 2.34. The number of alkyl halides is 3. The van der Waals surface area contributed by atoms with Crippen LogP contribution in [-0.2, 0) is 23.2 Å². The predicted molar refractivity (Wildman–Crippen MR) is 147 cm³/mol. The first-order chi connectivity index (χ1) is 18.9. The van der Waals surface area contributed by atoms with Gasteiger partial charge in [0.15, 0.2) is 0 Å². The lowest BCUT2D eigenvalue weighted by atomic mass is 9.96. The molecule has 216 valence electrons. The molecule has 1 N–H and O–H groups in total. The highest BCUT2D eigenvalue weighted by atomic mass is 19.4. The Morgan fingerprint density at radius 1 is 1.18 bits per heavy atom. The summed E-state index contributed by atoms with van der Waals surface area (Å²) in [4.78, 5) is 29.7. The maximum absolute atomic E-state index is 14.3. The van der Waals surface area contributed by atoms with Crippen molar-refractivity contribution in [2.24, 2.45) is 13.0 Å². The fourth-order valence-corrected chi connectivity index (χ4v) is 5.34. The van der Waals surface area contributed by atoms with Crippen molar-refractivity contribution in [3.05, 3.63) is 59.8 Å². The molecule has 0 aliphatic carbocycles. The fourth-order valence-electron chi connectivity index (χ4n) is 5.34. The second-order valence-electron chi connectivity index (χ2n) is 10.7. The average molecular weight is 560 g/mol. The van der Waals surface area contributed by atoms with Crippen LogP contribution in [0.2, 0.25) is 0 Å².